The maximum atomic E-state index is 13.6. The molecule has 0 N–H and O–H groups in total. The first kappa shape index (κ1) is 24.0. The Balaban J connectivity index is 1.74. The standard InChI is InChI=1S/C23H33N3O6/c1-30-16-4-12-26-22(29)25(17-18-5-7-19(31-2)8-6-18)21(28)23(26)10-14-24(15-11-23)13-9-20(27)32-3/h5-8H,4,9-17H2,1-3H3. The van der Waals surface area contributed by atoms with Gasteiger partial charge < -0.3 is 24.0 Å². The summed E-state index contributed by atoms with van der Waals surface area (Å²) in [6.07, 6.45) is 2.08. The van der Waals surface area contributed by atoms with E-state index in [4.69, 9.17) is 14.2 Å². The fourth-order valence-electron chi connectivity index (χ4n) is 4.49. The van der Waals surface area contributed by atoms with Crippen molar-refractivity contribution >= 4 is 17.9 Å². The Hall–Kier alpha value is -2.65. The van der Waals surface area contributed by atoms with Crippen molar-refractivity contribution in [2.45, 2.75) is 37.8 Å². The number of amides is 3. The molecule has 0 unspecified atom stereocenters. The van der Waals surface area contributed by atoms with Crippen LogP contribution in [-0.2, 0) is 25.6 Å². The predicted molar refractivity (Wildman–Crippen MR) is 117 cm³/mol. The van der Waals surface area contributed by atoms with Crippen LogP contribution in [0.3, 0.4) is 0 Å². The average molecular weight is 448 g/mol. The Morgan fingerprint density at radius 1 is 1.03 bits per heavy atom. The molecule has 0 aromatic heterocycles. The molecular formula is C23H33N3O6. The number of imide groups is 1. The van der Waals surface area contributed by atoms with Gasteiger partial charge in [-0.1, -0.05) is 12.1 Å². The van der Waals surface area contributed by atoms with Gasteiger partial charge in [0.25, 0.3) is 5.91 Å². The van der Waals surface area contributed by atoms with Gasteiger partial charge in [-0.15, -0.1) is 0 Å². The van der Waals surface area contributed by atoms with Crippen LogP contribution in [0.5, 0.6) is 5.75 Å². The highest BCUT2D eigenvalue weighted by atomic mass is 16.5. The molecule has 1 spiro atoms. The quantitative estimate of drug-likeness (QED) is 0.307. The van der Waals surface area contributed by atoms with Crippen LogP contribution in [0.25, 0.3) is 0 Å². The predicted octanol–water partition coefficient (Wildman–Crippen LogP) is 1.89. The fourth-order valence-corrected chi connectivity index (χ4v) is 4.49. The molecule has 0 aliphatic carbocycles. The third-order valence-electron chi connectivity index (χ3n) is 6.39. The third-order valence-corrected chi connectivity index (χ3v) is 6.39. The summed E-state index contributed by atoms with van der Waals surface area (Å²) in [5.41, 5.74) is 0.0379. The van der Waals surface area contributed by atoms with Crippen molar-refractivity contribution in [3.05, 3.63) is 29.8 Å². The van der Waals surface area contributed by atoms with Gasteiger partial charge in [0.15, 0.2) is 0 Å². The normalized spacial score (nSPS) is 18.5. The number of urea groups is 1. The number of rotatable bonds is 10. The number of ether oxygens (including phenoxy) is 3. The largest absolute Gasteiger partial charge is 0.497 e. The van der Waals surface area contributed by atoms with Crippen molar-refractivity contribution in [3.63, 3.8) is 0 Å². The van der Waals surface area contributed by atoms with E-state index in [2.05, 4.69) is 4.90 Å². The Labute approximate surface area is 189 Å². The second-order valence-corrected chi connectivity index (χ2v) is 8.22. The van der Waals surface area contributed by atoms with E-state index in [1.807, 2.05) is 24.3 Å². The van der Waals surface area contributed by atoms with Crippen LogP contribution in [0.15, 0.2) is 24.3 Å². The fraction of sp³-hybridized carbons (Fsp3) is 0.609. The number of likely N-dealkylation sites (tertiary alicyclic amines) is 1. The number of piperidine rings is 1. The zero-order valence-electron chi connectivity index (χ0n) is 19.2. The van der Waals surface area contributed by atoms with Gasteiger partial charge in [-0.05, 0) is 37.0 Å². The minimum atomic E-state index is -0.834. The molecule has 1 aromatic rings. The molecular weight excluding hydrogens is 414 g/mol. The van der Waals surface area contributed by atoms with Gasteiger partial charge in [0.05, 0.1) is 27.2 Å². The zero-order chi connectivity index (χ0) is 23.1. The molecule has 2 aliphatic rings. The van der Waals surface area contributed by atoms with E-state index in [1.165, 1.54) is 12.0 Å². The summed E-state index contributed by atoms with van der Waals surface area (Å²) in [6.45, 7) is 3.11. The maximum Gasteiger partial charge on any atom is 0.327 e. The second-order valence-electron chi connectivity index (χ2n) is 8.22. The maximum absolute atomic E-state index is 13.6. The summed E-state index contributed by atoms with van der Waals surface area (Å²) in [5, 5.41) is 0. The minimum Gasteiger partial charge on any atom is -0.497 e. The van der Waals surface area contributed by atoms with Gasteiger partial charge in [-0.2, -0.15) is 0 Å². The van der Waals surface area contributed by atoms with Crippen molar-refractivity contribution in [1.29, 1.82) is 0 Å². The number of methoxy groups -OCH3 is 3. The highest BCUT2D eigenvalue weighted by Gasteiger charge is 2.57. The van der Waals surface area contributed by atoms with Crippen molar-refractivity contribution in [2.75, 3.05) is 54.1 Å². The Kier molecular flexibility index (Phi) is 8.09. The van der Waals surface area contributed by atoms with E-state index in [0.29, 0.717) is 58.5 Å². The summed E-state index contributed by atoms with van der Waals surface area (Å²) in [4.78, 5) is 43.7. The van der Waals surface area contributed by atoms with Gasteiger partial charge in [0, 0.05) is 39.9 Å². The molecule has 0 atom stereocenters. The second kappa shape index (κ2) is 10.8. The zero-order valence-corrected chi connectivity index (χ0v) is 19.2. The lowest BCUT2D eigenvalue weighted by Gasteiger charge is -2.42. The molecule has 3 amide bonds. The highest BCUT2D eigenvalue weighted by molar-refractivity contribution is 6.07. The SMILES string of the molecule is COCCCN1C(=O)N(Cc2ccc(OC)cc2)C(=O)C12CCN(CCC(=O)OC)CC2. The summed E-state index contributed by atoms with van der Waals surface area (Å²) < 4.78 is 15.1. The molecule has 32 heavy (non-hydrogen) atoms. The van der Waals surface area contributed by atoms with Crippen LogP contribution in [0.4, 0.5) is 4.79 Å². The van der Waals surface area contributed by atoms with E-state index in [9.17, 15) is 14.4 Å². The number of hydrogen-bond acceptors (Lipinski definition) is 7. The monoisotopic (exact) mass is 447 g/mol. The molecule has 2 heterocycles. The molecule has 0 radical (unpaired) electrons. The number of benzene rings is 1. The van der Waals surface area contributed by atoms with Gasteiger partial charge in [-0.3, -0.25) is 14.5 Å². The van der Waals surface area contributed by atoms with Gasteiger partial charge in [-0.25, -0.2) is 4.79 Å². The number of carbonyl (C=O) groups excluding carboxylic acids is 3. The highest BCUT2D eigenvalue weighted by Crippen LogP contribution is 2.38. The molecule has 2 saturated heterocycles. The van der Waals surface area contributed by atoms with Crippen LogP contribution < -0.4 is 4.74 Å². The van der Waals surface area contributed by atoms with E-state index < -0.39 is 5.54 Å². The molecule has 2 fully saturated rings. The molecule has 9 heteroatoms. The summed E-state index contributed by atoms with van der Waals surface area (Å²) in [5.74, 6) is 0.345. The average Bonchev–Trinajstić information content (AvgIpc) is 3.00. The smallest absolute Gasteiger partial charge is 0.327 e. The minimum absolute atomic E-state index is 0.136. The molecule has 2 aliphatic heterocycles. The molecule has 1 aromatic carbocycles. The summed E-state index contributed by atoms with van der Waals surface area (Å²) >= 11 is 0. The van der Waals surface area contributed by atoms with Crippen LogP contribution in [0.1, 0.15) is 31.2 Å². The number of nitrogens with zero attached hydrogens (tertiary/aromatic N) is 3. The molecule has 9 nitrogen and oxygen atoms in total. The summed E-state index contributed by atoms with van der Waals surface area (Å²) in [6, 6.07) is 7.15. The van der Waals surface area contributed by atoms with E-state index in [-0.39, 0.29) is 24.5 Å². The first-order valence-electron chi connectivity index (χ1n) is 11.0. The topological polar surface area (TPSA) is 88.6 Å². The molecule has 0 bridgehead atoms. The van der Waals surface area contributed by atoms with Gasteiger partial charge in [0.2, 0.25) is 0 Å². The van der Waals surface area contributed by atoms with E-state index >= 15 is 0 Å². The van der Waals surface area contributed by atoms with E-state index in [0.717, 1.165) is 11.3 Å². The number of hydrogen-bond donors (Lipinski definition) is 0. The third kappa shape index (κ3) is 5.05. The van der Waals surface area contributed by atoms with Crippen LogP contribution in [-0.4, -0.2) is 92.3 Å². The molecule has 3 rings (SSSR count). The Morgan fingerprint density at radius 3 is 2.31 bits per heavy atom. The van der Waals surface area contributed by atoms with Crippen molar-refractivity contribution in [2.24, 2.45) is 0 Å². The van der Waals surface area contributed by atoms with Crippen molar-refractivity contribution < 1.29 is 28.6 Å². The van der Waals surface area contributed by atoms with Gasteiger partial charge in [0.1, 0.15) is 11.3 Å². The van der Waals surface area contributed by atoms with Gasteiger partial charge >= 0.3 is 12.0 Å². The number of esters is 1. The van der Waals surface area contributed by atoms with Crippen LogP contribution in [0, 0.1) is 0 Å². The van der Waals surface area contributed by atoms with E-state index in [1.54, 1.807) is 19.1 Å². The Morgan fingerprint density at radius 2 is 1.72 bits per heavy atom. The molecule has 0 saturated carbocycles. The molecule has 176 valence electrons. The summed E-state index contributed by atoms with van der Waals surface area (Å²) in [7, 11) is 4.61. The van der Waals surface area contributed by atoms with Crippen LogP contribution >= 0.6 is 0 Å². The Bertz CT molecular complexity index is 804. The number of carbonyl (C=O) groups is 3. The lowest BCUT2D eigenvalue weighted by molar-refractivity contribution is -0.142. The van der Waals surface area contributed by atoms with Crippen LogP contribution in [0.2, 0.25) is 0 Å². The lowest BCUT2D eigenvalue weighted by Crippen LogP contribution is -2.57. The first-order valence-corrected chi connectivity index (χ1v) is 11.0. The first-order chi connectivity index (χ1) is 15.4. The lowest BCUT2D eigenvalue weighted by atomic mass is 9.85. The van der Waals surface area contributed by atoms with Crippen molar-refractivity contribution in [3.8, 4) is 5.75 Å². The van der Waals surface area contributed by atoms with Crippen molar-refractivity contribution in [1.82, 2.24) is 14.7 Å².